The Balaban J connectivity index is 1.98. The van der Waals surface area contributed by atoms with Crippen LogP contribution in [-0.4, -0.2) is 11.1 Å². The first-order valence-corrected chi connectivity index (χ1v) is 7.13. The van der Waals surface area contributed by atoms with Crippen LogP contribution in [0.3, 0.4) is 0 Å². The van der Waals surface area contributed by atoms with E-state index >= 15 is 0 Å². The van der Waals surface area contributed by atoms with E-state index in [-0.39, 0.29) is 0 Å². The lowest BCUT2D eigenvalue weighted by Gasteiger charge is -2.06. The predicted octanol–water partition coefficient (Wildman–Crippen LogP) is 3.49. The predicted molar refractivity (Wildman–Crippen MR) is 81.1 cm³/mol. The molecule has 0 radical (unpaired) electrons. The van der Waals surface area contributed by atoms with E-state index in [4.69, 9.17) is 15.1 Å². The molecule has 0 atom stereocenters. The molecule has 21 heavy (non-hydrogen) atoms. The molecule has 0 unspecified atom stereocenters. The minimum atomic E-state index is -0.971. The molecule has 106 valence electrons. The smallest absolute Gasteiger partial charge is 0.328 e. The molecule has 0 saturated carbocycles. The van der Waals surface area contributed by atoms with Crippen LogP contribution in [0.15, 0.2) is 41.8 Å². The third-order valence-electron chi connectivity index (χ3n) is 2.76. The molecule has 0 aliphatic carbocycles. The SMILES string of the molecule is N#CCc1ccc(OCc2sccc2C=CC(=O)O)cc1. The van der Waals surface area contributed by atoms with E-state index < -0.39 is 5.97 Å². The number of ether oxygens (including phenoxy) is 1. The summed E-state index contributed by atoms with van der Waals surface area (Å²) in [5, 5.41) is 19.2. The number of carboxylic acid groups (broad SMARTS) is 1. The number of hydrogen-bond acceptors (Lipinski definition) is 4. The number of benzene rings is 1. The summed E-state index contributed by atoms with van der Waals surface area (Å²) in [5.74, 6) is -0.251. The van der Waals surface area contributed by atoms with Gasteiger partial charge in [0.25, 0.3) is 0 Å². The summed E-state index contributed by atoms with van der Waals surface area (Å²) in [5.41, 5.74) is 1.80. The summed E-state index contributed by atoms with van der Waals surface area (Å²) < 4.78 is 5.68. The molecule has 4 nitrogen and oxygen atoms in total. The molecule has 2 rings (SSSR count). The van der Waals surface area contributed by atoms with Gasteiger partial charge in [0.15, 0.2) is 0 Å². The highest BCUT2D eigenvalue weighted by Crippen LogP contribution is 2.21. The van der Waals surface area contributed by atoms with Crippen LogP contribution < -0.4 is 4.74 Å². The molecule has 1 heterocycles. The highest BCUT2D eigenvalue weighted by atomic mass is 32.1. The third kappa shape index (κ3) is 4.48. The highest BCUT2D eigenvalue weighted by Gasteiger charge is 2.03. The van der Waals surface area contributed by atoms with Gasteiger partial charge in [-0.25, -0.2) is 4.79 Å². The third-order valence-corrected chi connectivity index (χ3v) is 3.67. The molecule has 2 aromatic rings. The van der Waals surface area contributed by atoms with E-state index in [1.807, 2.05) is 35.7 Å². The largest absolute Gasteiger partial charge is 0.488 e. The number of hydrogen-bond donors (Lipinski definition) is 1. The molecule has 0 fully saturated rings. The van der Waals surface area contributed by atoms with E-state index in [9.17, 15) is 4.79 Å². The maximum atomic E-state index is 10.5. The average Bonchev–Trinajstić information content (AvgIpc) is 2.92. The Morgan fingerprint density at radius 2 is 2.10 bits per heavy atom. The Labute approximate surface area is 126 Å². The summed E-state index contributed by atoms with van der Waals surface area (Å²) in [4.78, 5) is 11.5. The number of thiophene rings is 1. The quantitative estimate of drug-likeness (QED) is 0.829. The van der Waals surface area contributed by atoms with Crippen molar-refractivity contribution in [2.45, 2.75) is 13.0 Å². The number of rotatable bonds is 6. The zero-order chi connectivity index (χ0) is 15.1. The summed E-state index contributed by atoms with van der Waals surface area (Å²) in [6.07, 6.45) is 3.06. The first kappa shape index (κ1) is 14.8. The average molecular weight is 299 g/mol. The van der Waals surface area contributed by atoms with Crippen LogP contribution in [-0.2, 0) is 17.8 Å². The van der Waals surface area contributed by atoms with Gasteiger partial charge in [-0.1, -0.05) is 12.1 Å². The van der Waals surface area contributed by atoms with Crippen molar-refractivity contribution < 1.29 is 14.6 Å². The van der Waals surface area contributed by atoms with Gasteiger partial charge in [-0.2, -0.15) is 5.26 Å². The van der Waals surface area contributed by atoms with Crippen LogP contribution in [0.25, 0.3) is 6.08 Å². The fraction of sp³-hybridized carbons (Fsp3) is 0.125. The molecular weight excluding hydrogens is 286 g/mol. The van der Waals surface area contributed by atoms with Crippen LogP contribution in [0.5, 0.6) is 5.75 Å². The molecular formula is C16H13NO3S. The maximum Gasteiger partial charge on any atom is 0.328 e. The van der Waals surface area contributed by atoms with Gasteiger partial charge < -0.3 is 9.84 Å². The Kier molecular flexibility index (Phi) is 5.13. The molecule has 0 aliphatic rings. The molecule has 0 amide bonds. The summed E-state index contributed by atoms with van der Waals surface area (Å²) in [6.45, 7) is 0.383. The van der Waals surface area contributed by atoms with E-state index in [1.165, 1.54) is 11.3 Å². The lowest BCUT2D eigenvalue weighted by atomic mass is 10.2. The minimum absolute atomic E-state index is 0.383. The van der Waals surface area contributed by atoms with Crippen molar-refractivity contribution in [2.75, 3.05) is 0 Å². The van der Waals surface area contributed by atoms with Crippen molar-refractivity contribution >= 4 is 23.4 Å². The fourth-order valence-corrected chi connectivity index (χ4v) is 2.50. The van der Waals surface area contributed by atoms with E-state index in [2.05, 4.69) is 6.07 Å². The Morgan fingerprint density at radius 3 is 2.76 bits per heavy atom. The molecule has 1 N–H and O–H groups in total. The van der Waals surface area contributed by atoms with Crippen LogP contribution in [0.1, 0.15) is 16.0 Å². The van der Waals surface area contributed by atoms with Gasteiger partial charge in [0.05, 0.1) is 12.5 Å². The van der Waals surface area contributed by atoms with Crippen molar-refractivity contribution in [1.82, 2.24) is 0 Å². The first-order valence-electron chi connectivity index (χ1n) is 6.25. The fourth-order valence-electron chi connectivity index (χ4n) is 1.72. The van der Waals surface area contributed by atoms with Crippen molar-refractivity contribution in [3.63, 3.8) is 0 Å². The standard InChI is InChI=1S/C16H13NO3S/c17-9-7-12-1-4-14(5-2-12)20-11-15-13(8-10-21-15)3-6-16(18)19/h1-6,8,10H,7,11H2,(H,18,19). The van der Waals surface area contributed by atoms with E-state index in [1.54, 1.807) is 6.08 Å². The lowest BCUT2D eigenvalue weighted by molar-refractivity contribution is -0.131. The number of nitrogens with zero attached hydrogens (tertiary/aromatic N) is 1. The molecule has 5 heteroatoms. The molecule has 1 aromatic carbocycles. The minimum Gasteiger partial charge on any atom is -0.488 e. The van der Waals surface area contributed by atoms with E-state index in [0.717, 1.165) is 27.8 Å². The number of nitriles is 1. The number of carbonyl (C=O) groups is 1. The second kappa shape index (κ2) is 7.27. The normalized spacial score (nSPS) is 10.4. The molecule has 0 bridgehead atoms. The molecule has 0 aliphatic heterocycles. The van der Waals surface area contributed by atoms with Gasteiger partial charge >= 0.3 is 5.97 Å². The Hall–Kier alpha value is -2.58. The number of carboxylic acids is 1. The first-order chi connectivity index (χ1) is 10.2. The summed E-state index contributed by atoms with van der Waals surface area (Å²) in [6, 6.07) is 11.3. The maximum absolute atomic E-state index is 10.5. The van der Waals surface area contributed by atoms with Gasteiger partial charge in [-0.3, -0.25) is 0 Å². The van der Waals surface area contributed by atoms with Gasteiger partial charge in [-0.05, 0) is 40.8 Å². The van der Waals surface area contributed by atoms with Crippen LogP contribution in [0.2, 0.25) is 0 Å². The second-order valence-corrected chi connectivity index (χ2v) is 5.24. The van der Waals surface area contributed by atoms with Gasteiger partial charge in [0.1, 0.15) is 12.4 Å². The van der Waals surface area contributed by atoms with Crippen LogP contribution >= 0.6 is 11.3 Å². The highest BCUT2D eigenvalue weighted by molar-refractivity contribution is 7.10. The van der Waals surface area contributed by atoms with Crippen LogP contribution in [0.4, 0.5) is 0 Å². The zero-order valence-electron chi connectivity index (χ0n) is 11.2. The monoisotopic (exact) mass is 299 g/mol. The molecule has 0 saturated heterocycles. The van der Waals surface area contributed by atoms with Gasteiger partial charge in [0, 0.05) is 11.0 Å². The Morgan fingerprint density at radius 1 is 1.33 bits per heavy atom. The second-order valence-electron chi connectivity index (χ2n) is 4.24. The van der Waals surface area contributed by atoms with Crippen LogP contribution in [0, 0.1) is 11.3 Å². The van der Waals surface area contributed by atoms with Gasteiger partial charge in [-0.15, -0.1) is 11.3 Å². The van der Waals surface area contributed by atoms with Crippen molar-refractivity contribution in [3.8, 4) is 11.8 Å². The summed E-state index contributed by atoms with van der Waals surface area (Å²) in [7, 11) is 0. The zero-order valence-corrected chi connectivity index (χ0v) is 12.0. The van der Waals surface area contributed by atoms with Crippen molar-refractivity contribution in [3.05, 3.63) is 57.8 Å². The number of aliphatic carboxylic acids is 1. The van der Waals surface area contributed by atoms with E-state index in [0.29, 0.717) is 13.0 Å². The van der Waals surface area contributed by atoms with Crippen molar-refractivity contribution in [1.29, 1.82) is 5.26 Å². The van der Waals surface area contributed by atoms with Crippen molar-refractivity contribution in [2.24, 2.45) is 0 Å². The lowest BCUT2D eigenvalue weighted by Crippen LogP contribution is -1.95. The topological polar surface area (TPSA) is 70.3 Å². The Bertz CT molecular complexity index is 680. The van der Waals surface area contributed by atoms with Gasteiger partial charge in [0.2, 0.25) is 0 Å². The molecule has 0 spiro atoms. The molecule has 1 aromatic heterocycles. The summed E-state index contributed by atoms with van der Waals surface area (Å²) >= 11 is 1.52.